The molecule has 1 unspecified atom stereocenters. The van der Waals surface area contributed by atoms with E-state index in [1.807, 2.05) is 6.92 Å². The van der Waals surface area contributed by atoms with Crippen LogP contribution in [0.5, 0.6) is 0 Å². The number of nitrogens with zero attached hydrogens (tertiary/aromatic N) is 1. The minimum atomic E-state index is -0.630. The average molecular weight is 323 g/mol. The van der Waals surface area contributed by atoms with Crippen LogP contribution in [0.4, 0.5) is 10.5 Å². The van der Waals surface area contributed by atoms with Gasteiger partial charge in [-0.15, -0.1) is 0 Å². The number of benzene rings is 1. The average Bonchev–Trinajstić information content (AvgIpc) is 2.43. The Morgan fingerprint density at radius 3 is 2.43 bits per heavy atom. The zero-order chi connectivity index (χ0) is 17.8. The normalized spacial score (nSPS) is 14.0. The lowest BCUT2D eigenvalue weighted by molar-refractivity contribution is -0.385. The number of hydrogen-bond donors (Lipinski definition) is 2. The zero-order valence-corrected chi connectivity index (χ0v) is 14.3. The van der Waals surface area contributed by atoms with E-state index in [0.29, 0.717) is 11.1 Å². The Labute approximate surface area is 136 Å². The van der Waals surface area contributed by atoms with E-state index in [4.69, 9.17) is 10.5 Å². The Morgan fingerprint density at radius 2 is 1.96 bits per heavy atom. The summed E-state index contributed by atoms with van der Waals surface area (Å²) in [7, 11) is 0. The highest BCUT2D eigenvalue weighted by Crippen LogP contribution is 2.28. The molecule has 0 saturated heterocycles. The van der Waals surface area contributed by atoms with Gasteiger partial charge in [0.25, 0.3) is 5.69 Å². The quantitative estimate of drug-likeness (QED) is 0.640. The van der Waals surface area contributed by atoms with Crippen LogP contribution in [-0.4, -0.2) is 29.7 Å². The SMILES string of the molecule is Cc1ccc(C(C)(CN)CNC(=O)OC(C)(C)C)cc1[N+](=O)[O-]. The molecule has 0 aliphatic rings. The first-order chi connectivity index (χ1) is 10.5. The number of amides is 1. The summed E-state index contributed by atoms with van der Waals surface area (Å²) < 4.78 is 5.20. The summed E-state index contributed by atoms with van der Waals surface area (Å²) in [5.41, 5.74) is 5.96. The summed E-state index contributed by atoms with van der Waals surface area (Å²) in [4.78, 5) is 22.5. The highest BCUT2D eigenvalue weighted by atomic mass is 16.6. The third-order valence-electron chi connectivity index (χ3n) is 3.58. The van der Waals surface area contributed by atoms with E-state index < -0.39 is 22.0 Å². The molecule has 0 spiro atoms. The van der Waals surface area contributed by atoms with Crippen LogP contribution in [0, 0.1) is 17.0 Å². The molecule has 3 N–H and O–H groups in total. The first-order valence-electron chi connectivity index (χ1n) is 7.41. The molecular formula is C16H25N3O4. The molecule has 23 heavy (non-hydrogen) atoms. The van der Waals surface area contributed by atoms with E-state index in [1.165, 1.54) is 6.07 Å². The lowest BCUT2D eigenvalue weighted by atomic mass is 9.82. The molecule has 1 atom stereocenters. The second-order valence-electron chi connectivity index (χ2n) is 6.88. The number of carbonyl (C=O) groups is 1. The molecular weight excluding hydrogens is 298 g/mol. The zero-order valence-electron chi connectivity index (χ0n) is 14.3. The second-order valence-corrected chi connectivity index (χ2v) is 6.88. The number of rotatable bonds is 5. The molecule has 1 aromatic carbocycles. The van der Waals surface area contributed by atoms with Crippen LogP contribution < -0.4 is 11.1 Å². The Morgan fingerprint density at radius 1 is 1.35 bits per heavy atom. The van der Waals surface area contributed by atoms with E-state index in [-0.39, 0.29) is 18.8 Å². The van der Waals surface area contributed by atoms with E-state index >= 15 is 0 Å². The molecule has 7 nitrogen and oxygen atoms in total. The molecule has 1 amide bonds. The Bertz CT molecular complexity index is 595. The Hall–Kier alpha value is -2.15. The van der Waals surface area contributed by atoms with Crippen molar-refractivity contribution in [2.75, 3.05) is 13.1 Å². The number of aryl methyl sites for hydroxylation is 1. The fraction of sp³-hybridized carbons (Fsp3) is 0.562. The van der Waals surface area contributed by atoms with Gasteiger partial charge in [-0.2, -0.15) is 0 Å². The highest BCUT2D eigenvalue weighted by Gasteiger charge is 2.29. The van der Waals surface area contributed by atoms with Gasteiger partial charge < -0.3 is 15.8 Å². The molecule has 128 valence electrons. The second kappa shape index (κ2) is 6.95. The van der Waals surface area contributed by atoms with E-state index in [1.54, 1.807) is 39.8 Å². The van der Waals surface area contributed by atoms with Crippen LogP contribution in [-0.2, 0) is 10.2 Å². The van der Waals surface area contributed by atoms with E-state index in [9.17, 15) is 14.9 Å². The fourth-order valence-electron chi connectivity index (χ4n) is 2.06. The maximum atomic E-state index is 11.8. The van der Waals surface area contributed by atoms with Crippen molar-refractivity contribution in [2.24, 2.45) is 5.73 Å². The maximum absolute atomic E-state index is 11.8. The van der Waals surface area contributed by atoms with Crippen LogP contribution in [0.15, 0.2) is 18.2 Å². The lowest BCUT2D eigenvalue weighted by Gasteiger charge is -2.29. The molecule has 0 aromatic heterocycles. The van der Waals surface area contributed by atoms with Crippen LogP contribution >= 0.6 is 0 Å². The van der Waals surface area contributed by atoms with Gasteiger partial charge in [-0.3, -0.25) is 10.1 Å². The minimum Gasteiger partial charge on any atom is -0.444 e. The summed E-state index contributed by atoms with van der Waals surface area (Å²) in [5, 5.41) is 13.8. The van der Waals surface area contributed by atoms with Crippen LogP contribution in [0.25, 0.3) is 0 Å². The summed E-state index contributed by atoms with van der Waals surface area (Å²) in [5.74, 6) is 0. The van der Waals surface area contributed by atoms with Gasteiger partial charge in [0, 0.05) is 30.1 Å². The number of ether oxygens (including phenoxy) is 1. The van der Waals surface area contributed by atoms with Crippen molar-refractivity contribution in [2.45, 2.75) is 45.6 Å². The molecule has 0 fully saturated rings. The number of nitrogens with one attached hydrogen (secondary N) is 1. The summed E-state index contributed by atoms with van der Waals surface area (Å²) in [6.45, 7) is 9.30. The number of nitrogens with two attached hydrogens (primary N) is 1. The maximum Gasteiger partial charge on any atom is 0.407 e. The Kier molecular flexibility index (Phi) is 5.71. The highest BCUT2D eigenvalue weighted by molar-refractivity contribution is 5.68. The molecule has 0 aliphatic heterocycles. The molecule has 0 bridgehead atoms. The minimum absolute atomic E-state index is 0.0412. The van der Waals surface area contributed by atoms with Gasteiger partial charge in [0.15, 0.2) is 0 Å². The van der Waals surface area contributed by atoms with Gasteiger partial charge in [0.1, 0.15) is 5.60 Å². The largest absolute Gasteiger partial charge is 0.444 e. The molecule has 1 rings (SSSR count). The molecule has 0 heterocycles. The third kappa shape index (κ3) is 5.21. The predicted molar refractivity (Wildman–Crippen MR) is 88.5 cm³/mol. The molecule has 1 aromatic rings. The smallest absolute Gasteiger partial charge is 0.407 e. The number of alkyl carbamates (subject to hydrolysis) is 1. The predicted octanol–water partition coefficient (Wildman–Crippen LogP) is 2.64. The van der Waals surface area contributed by atoms with Crippen molar-refractivity contribution < 1.29 is 14.5 Å². The lowest BCUT2D eigenvalue weighted by Crippen LogP contribution is -2.45. The fourth-order valence-corrected chi connectivity index (χ4v) is 2.06. The van der Waals surface area contributed by atoms with Crippen molar-refractivity contribution in [3.05, 3.63) is 39.4 Å². The van der Waals surface area contributed by atoms with Crippen molar-refractivity contribution in [1.82, 2.24) is 5.32 Å². The van der Waals surface area contributed by atoms with E-state index in [0.717, 1.165) is 0 Å². The van der Waals surface area contributed by atoms with Gasteiger partial charge in [-0.25, -0.2) is 4.79 Å². The van der Waals surface area contributed by atoms with Gasteiger partial charge in [-0.1, -0.05) is 19.1 Å². The first-order valence-corrected chi connectivity index (χ1v) is 7.41. The number of hydrogen-bond acceptors (Lipinski definition) is 5. The molecule has 0 radical (unpaired) electrons. The molecule has 0 aliphatic carbocycles. The standard InChI is InChI=1S/C16H25N3O4/c1-11-6-7-12(8-13(11)19(21)22)16(5,9-17)10-18-14(20)23-15(2,3)4/h6-8H,9-10,17H2,1-5H3,(H,18,20). The first kappa shape index (κ1) is 18.9. The van der Waals surface area contributed by atoms with E-state index in [2.05, 4.69) is 5.32 Å². The molecule has 0 saturated carbocycles. The van der Waals surface area contributed by atoms with Crippen LogP contribution in [0.3, 0.4) is 0 Å². The monoisotopic (exact) mass is 323 g/mol. The molecule has 7 heteroatoms. The van der Waals surface area contributed by atoms with Gasteiger partial charge in [0.05, 0.1) is 4.92 Å². The van der Waals surface area contributed by atoms with Crippen LogP contribution in [0.1, 0.15) is 38.8 Å². The third-order valence-corrected chi connectivity index (χ3v) is 3.58. The summed E-state index contributed by atoms with van der Waals surface area (Å²) in [6, 6.07) is 5.00. The van der Waals surface area contributed by atoms with Crippen molar-refractivity contribution >= 4 is 11.8 Å². The van der Waals surface area contributed by atoms with Gasteiger partial charge >= 0.3 is 6.09 Å². The van der Waals surface area contributed by atoms with Crippen molar-refractivity contribution in [1.29, 1.82) is 0 Å². The topological polar surface area (TPSA) is 107 Å². The van der Waals surface area contributed by atoms with Gasteiger partial charge in [0.2, 0.25) is 0 Å². The number of nitro groups is 1. The van der Waals surface area contributed by atoms with Gasteiger partial charge in [-0.05, 0) is 33.3 Å². The van der Waals surface area contributed by atoms with Crippen LogP contribution in [0.2, 0.25) is 0 Å². The number of carbonyl (C=O) groups excluding carboxylic acids is 1. The Balaban J connectivity index is 2.95. The van der Waals surface area contributed by atoms with Crippen molar-refractivity contribution in [3.63, 3.8) is 0 Å². The number of nitro benzene ring substituents is 1. The van der Waals surface area contributed by atoms with Crippen molar-refractivity contribution in [3.8, 4) is 0 Å². The summed E-state index contributed by atoms with van der Waals surface area (Å²) >= 11 is 0. The summed E-state index contributed by atoms with van der Waals surface area (Å²) in [6.07, 6.45) is -0.543.